The highest BCUT2D eigenvalue weighted by Crippen LogP contribution is 2.11. The van der Waals surface area contributed by atoms with Crippen LogP contribution in [-0.4, -0.2) is 26.2 Å². The Bertz CT molecular complexity index is 217. The van der Waals surface area contributed by atoms with Crippen LogP contribution in [0.3, 0.4) is 0 Å². The van der Waals surface area contributed by atoms with E-state index in [4.69, 9.17) is 0 Å². The predicted molar refractivity (Wildman–Crippen MR) is 56.2 cm³/mol. The number of allylic oxidation sites excluding steroid dienone is 2. The lowest BCUT2D eigenvalue weighted by Crippen LogP contribution is -2.26. The van der Waals surface area contributed by atoms with Crippen LogP contribution in [0.4, 0.5) is 0 Å². The fourth-order valence-corrected chi connectivity index (χ4v) is 1.16. The van der Waals surface area contributed by atoms with Crippen molar-refractivity contribution < 1.29 is 19.1 Å². The number of carbonyl (C=O) groups is 2. The molecule has 0 atom stereocenters. The Labute approximate surface area is 90.2 Å². The lowest BCUT2D eigenvalue weighted by molar-refractivity contribution is -0.159. The van der Waals surface area contributed by atoms with E-state index in [2.05, 4.69) is 9.47 Å². The Morgan fingerprint density at radius 1 is 1.13 bits per heavy atom. The van der Waals surface area contributed by atoms with Crippen molar-refractivity contribution in [3.8, 4) is 0 Å². The zero-order valence-corrected chi connectivity index (χ0v) is 9.49. The number of ether oxygens (including phenoxy) is 2. The van der Waals surface area contributed by atoms with E-state index in [1.54, 1.807) is 0 Å². The van der Waals surface area contributed by atoms with Crippen molar-refractivity contribution in [1.29, 1.82) is 0 Å². The molecular formula is C11H18O4. The average molecular weight is 214 g/mol. The van der Waals surface area contributed by atoms with Crippen LogP contribution in [0.1, 0.15) is 26.2 Å². The van der Waals surface area contributed by atoms with Gasteiger partial charge >= 0.3 is 11.9 Å². The minimum atomic E-state index is -0.804. The first-order valence-corrected chi connectivity index (χ1v) is 4.98. The maximum atomic E-state index is 11.2. The van der Waals surface area contributed by atoms with Crippen LogP contribution >= 0.6 is 0 Å². The molecule has 0 amide bonds. The summed E-state index contributed by atoms with van der Waals surface area (Å²) in [5.74, 6) is -1.87. The molecule has 0 rings (SSSR count). The number of rotatable bonds is 6. The highest BCUT2D eigenvalue weighted by molar-refractivity contribution is 5.94. The summed E-state index contributed by atoms with van der Waals surface area (Å²) >= 11 is 0. The normalized spacial score (nSPS) is 10.7. The summed E-state index contributed by atoms with van der Waals surface area (Å²) in [6.07, 6.45) is 5.98. The Kier molecular flexibility index (Phi) is 7.32. The predicted octanol–water partition coefficient (Wildman–Crippen LogP) is 1.70. The molecule has 4 nitrogen and oxygen atoms in total. The molecule has 0 aliphatic rings. The number of hydrogen-bond acceptors (Lipinski definition) is 4. The molecule has 0 unspecified atom stereocenters. The minimum absolute atomic E-state index is 0.426. The van der Waals surface area contributed by atoms with Gasteiger partial charge in [0.25, 0.3) is 0 Å². The molecule has 0 aliphatic heterocycles. The van der Waals surface area contributed by atoms with E-state index in [0.29, 0.717) is 12.8 Å². The first-order valence-electron chi connectivity index (χ1n) is 4.98. The summed E-state index contributed by atoms with van der Waals surface area (Å²) in [5.41, 5.74) is 0. The maximum Gasteiger partial charge on any atom is 0.320 e. The molecule has 86 valence electrons. The maximum absolute atomic E-state index is 11.2. The van der Waals surface area contributed by atoms with Gasteiger partial charge in [-0.15, -0.1) is 0 Å². The van der Waals surface area contributed by atoms with Crippen molar-refractivity contribution in [2.45, 2.75) is 26.2 Å². The fraction of sp³-hybridized carbons (Fsp3) is 0.636. The van der Waals surface area contributed by atoms with Crippen LogP contribution in [0, 0.1) is 5.92 Å². The first-order chi connectivity index (χ1) is 7.17. The van der Waals surface area contributed by atoms with Crippen LogP contribution < -0.4 is 0 Å². The van der Waals surface area contributed by atoms with Gasteiger partial charge in [-0.05, 0) is 19.3 Å². The molecule has 15 heavy (non-hydrogen) atoms. The zero-order valence-electron chi connectivity index (χ0n) is 9.49. The van der Waals surface area contributed by atoms with Crippen molar-refractivity contribution in [2.75, 3.05) is 14.2 Å². The molecule has 4 heteroatoms. The topological polar surface area (TPSA) is 52.6 Å². The van der Waals surface area contributed by atoms with Crippen LogP contribution in [-0.2, 0) is 19.1 Å². The van der Waals surface area contributed by atoms with Gasteiger partial charge in [0, 0.05) is 0 Å². The van der Waals surface area contributed by atoms with Gasteiger partial charge in [-0.25, -0.2) is 0 Å². The zero-order chi connectivity index (χ0) is 11.7. The fourth-order valence-electron chi connectivity index (χ4n) is 1.16. The van der Waals surface area contributed by atoms with Gasteiger partial charge in [-0.2, -0.15) is 0 Å². The summed E-state index contributed by atoms with van der Waals surface area (Å²) in [5, 5.41) is 0. The number of hydrogen-bond donors (Lipinski definition) is 0. The summed E-state index contributed by atoms with van der Waals surface area (Å²) in [6.45, 7) is 2.02. The van der Waals surface area contributed by atoms with E-state index in [-0.39, 0.29) is 0 Å². The lowest BCUT2D eigenvalue weighted by atomic mass is 10.0. The summed E-state index contributed by atoms with van der Waals surface area (Å²) in [6, 6.07) is 0. The highest BCUT2D eigenvalue weighted by Gasteiger charge is 2.27. The molecule has 0 fully saturated rings. The molecule has 0 aliphatic carbocycles. The Balaban J connectivity index is 4.19. The third kappa shape index (κ3) is 5.20. The second-order valence-corrected chi connectivity index (χ2v) is 3.06. The van der Waals surface area contributed by atoms with Crippen molar-refractivity contribution >= 4 is 11.9 Å². The van der Waals surface area contributed by atoms with Crippen LogP contribution in [0.2, 0.25) is 0 Å². The van der Waals surface area contributed by atoms with E-state index < -0.39 is 17.9 Å². The lowest BCUT2D eigenvalue weighted by Gasteiger charge is -2.10. The summed E-state index contributed by atoms with van der Waals surface area (Å²) < 4.78 is 9.06. The largest absolute Gasteiger partial charge is 0.468 e. The first kappa shape index (κ1) is 13.7. The Morgan fingerprint density at radius 3 is 2.07 bits per heavy atom. The van der Waals surface area contributed by atoms with Crippen molar-refractivity contribution in [2.24, 2.45) is 5.92 Å². The highest BCUT2D eigenvalue weighted by atomic mass is 16.5. The summed E-state index contributed by atoms with van der Waals surface area (Å²) in [4.78, 5) is 22.5. The van der Waals surface area contributed by atoms with Gasteiger partial charge < -0.3 is 9.47 Å². The van der Waals surface area contributed by atoms with E-state index in [1.165, 1.54) is 14.2 Å². The second-order valence-electron chi connectivity index (χ2n) is 3.06. The van der Waals surface area contributed by atoms with Crippen LogP contribution in [0.5, 0.6) is 0 Å². The Morgan fingerprint density at radius 2 is 1.67 bits per heavy atom. The summed E-state index contributed by atoms with van der Waals surface area (Å²) in [7, 11) is 2.53. The quantitative estimate of drug-likeness (QED) is 0.383. The van der Waals surface area contributed by atoms with Gasteiger partial charge in [0.05, 0.1) is 14.2 Å². The van der Waals surface area contributed by atoms with E-state index >= 15 is 0 Å². The monoisotopic (exact) mass is 214 g/mol. The van der Waals surface area contributed by atoms with Crippen molar-refractivity contribution in [3.05, 3.63) is 12.2 Å². The molecule has 0 N–H and O–H groups in total. The molecule has 0 spiro atoms. The molecule has 0 radical (unpaired) electrons. The van der Waals surface area contributed by atoms with Crippen LogP contribution in [0.15, 0.2) is 12.2 Å². The van der Waals surface area contributed by atoms with Crippen molar-refractivity contribution in [3.63, 3.8) is 0 Å². The number of esters is 2. The molecule has 0 saturated heterocycles. The number of methoxy groups -OCH3 is 2. The molecular weight excluding hydrogens is 196 g/mol. The molecule has 0 saturated carbocycles. The van der Waals surface area contributed by atoms with E-state index in [9.17, 15) is 9.59 Å². The third-order valence-corrected chi connectivity index (χ3v) is 2.00. The van der Waals surface area contributed by atoms with E-state index in [0.717, 1.165) is 6.42 Å². The minimum Gasteiger partial charge on any atom is -0.468 e. The average Bonchev–Trinajstić information content (AvgIpc) is 2.27. The second kappa shape index (κ2) is 8.03. The standard InChI is InChI=1S/C11H18O4/c1-4-5-6-7-8-9(10(12)14-2)11(13)15-3/h5-6,9H,4,7-8H2,1-3H3/b6-5-. The van der Waals surface area contributed by atoms with Crippen LogP contribution in [0.25, 0.3) is 0 Å². The third-order valence-electron chi connectivity index (χ3n) is 2.00. The smallest absolute Gasteiger partial charge is 0.320 e. The van der Waals surface area contributed by atoms with Gasteiger partial charge in [0.2, 0.25) is 0 Å². The van der Waals surface area contributed by atoms with Gasteiger partial charge in [-0.3, -0.25) is 9.59 Å². The van der Waals surface area contributed by atoms with Gasteiger partial charge in [-0.1, -0.05) is 19.1 Å². The molecule has 0 heterocycles. The van der Waals surface area contributed by atoms with Gasteiger partial charge in [0.1, 0.15) is 0 Å². The van der Waals surface area contributed by atoms with Gasteiger partial charge in [0.15, 0.2) is 5.92 Å². The molecule has 0 aromatic carbocycles. The van der Waals surface area contributed by atoms with E-state index in [1.807, 2.05) is 19.1 Å². The Hall–Kier alpha value is -1.32. The van der Waals surface area contributed by atoms with Crippen molar-refractivity contribution in [1.82, 2.24) is 0 Å². The molecule has 0 aromatic rings. The number of carbonyl (C=O) groups excluding carboxylic acids is 2. The molecule has 0 aromatic heterocycles. The molecule has 0 bridgehead atoms. The SMILES string of the molecule is CC/C=C\CCC(C(=O)OC)C(=O)OC.